The van der Waals surface area contributed by atoms with E-state index >= 15 is 0 Å². The number of benzene rings is 2. The van der Waals surface area contributed by atoms with Gasteiger partial charge in [-0.25, -0.2) is 4.79 Å². The summed E-state index contributed by atoms with van der Waals surface area (Å²) in [5.74, 6) is -0.665. The second-order valence-corrected chi connectivity index (χ2v) is 6.37. The first kappa shape index (κ1) is 21.2. The summed E-state index contributed by atoms with van der Waals surface area (Å²) in [5.41, 5.74) is 0.706. The molecule has 0 saturated carbocycles. The minimum absolute atomic E-state index is 0.121. The Morgan fingerprint density at radius 3 is 2.29 bits per heavy atom. The molecule has 0 heterocycles. The van der Waals surface area contributed by atoms with Gasteiger partial charge in [-0.15, -0.1) is 0 Å². The second kappa shape index (κ2) is 9.18. The number of hydrogen-bond acceptors (Lipinski definition) is 7. The lowest BCUT2D eigenvalue weighted by Gasteiger charge is -2.11. The SMILES string of the molecule is COc1cc(C(=O)OCC(=O)Nc2ccc(C)c([N+](=O)[O-])c2)cc(OC)c1Br. The maximum absolute atomic E-state index is 12.2. The van der Waals surface area contributed by atoms with Crippen LogP contribution in [0, 0.1) is 17.0 Å². The smallest absolute Gasteiger partial charge is 0.338 e. The van der Waals surface area contributed by atoms with Gasteiger partial charge in [0.25, 0.3) is 11.6 Å². The Balaban J connectivity index is 2.04. The van der Waals surface area contributed by atoms with Crippen LogP contribution in [-0.2, 0) is 9.53 Å². The number of aryl methyl sites for hydroxylation is 1. The van der Waals surface area contributed by atoms with Gasteiger partial charge in [-0.1, -0.05) is 6.07 Å². The highest BCUT2D eigenvalue weighted by Crippen LogP contribution is 2.35. The number of nitro benzene ring substituents is 1. The fourth-order valence-corrected chi connectivity index (χ4v) is 2.84. The molecule has 0 bridgehead atoms. The quantitative estimate of drug-likeness (QED) is 0.388. The first-order chi connectivity index (χ1) is 13.3. The number of esters is 1. The third kappa shape index (κ3) is 4.97. The molecule has 0 radical (unpaired) electrons. The van der Waals surface area contributed by atoms with Crippen LogP contribution in [0.1, 0.15) is 15.9 Å². The summed E-state index contributed by atoms with van der Waals surface area (Å²) in [4.78, 5) is 34.6. The van der Waals surface area contributed by atoms with E-state index in [0.717, 1.165) is 0 Å². The van der Waals surface area contributed by atoms with Crippen LogP contribution in [0.4, 0.5) is 11.4 Å². The van der Waals surface area contributed by atoms with Gasteiger partial charge < -0.3 is 19.5 Å². The molecule has 2 aromatic carbocycles. The number of carbonyl (C=O) groups is 2. The van der Waals surface area contributed by atoms with Gasteiger partial charge in [0.1, 0.15) is 16.0 Å². The highest BCUT2D eigenvalue weighted by atomic mass is 79.9. The lowest BCUT2D eigenvalue weighted by Crippen LogP contribution is -2.21. The molecule has 9 nitrogen and oxygen atoms in total. The second-order valence-electron chi connectivity index (χ2n) is 5.58. The number of nitro groups is 1. The number of carbonyl (C=O) groups excluding carboxylic acids is 2. The minimum Gasteiger partial charge on any atom is -0.495 e. The lowest BCUT2D eigenvalue weighted by atomic mass is 10.2. The predicted molar refractivity (Wildman–Crippen MR) is 104 cm³/mol. The van der Waals surface area contributed by atoms with Crippen molar-refractivity contribution >= 4 is 39.2 Å². The summed E-state index contributed by atoms with van der Waals surface area (Å²) in [7, 11) is 2.87. The van der Waals surface area contributed by atoms with Crippen LogP contribution < -0.4 is 14.8 Å². The van der Waals surface area contributed by atoms with Crippen molar-refractivity contribution < 1.29 is 28.7 Å². The molecule has 0 unspecified atom stereocenters. The number of nitrogens with zero attached hydrogens (tertiary/aromatic N) is 1. The van der Waals surface area contributed by atoms with Gasteiger partial charge in [0.15, 0.2) is 6.61 Å². The first-order valence-electron chi connectivity index (χ1n) is 7.90. The molecule has 148 valence electrons. The fraction of sp³-hybridized carbons (Fsp3) is 0.222. The number of methoxy groups -OCH3 is 2. The summed E-state index contributed by atoms with van der Waals surface area (Å²) in [6.07, 6.45) is 0. The Morgan fingerprint density at radius 2 is 1.75 bits per heavy atom. The molecule has 0 aliphatic rings. The average molecular weight is 453 g/mol. The van der Waals surface area contributed by atoms with Gasteiger partial charge in [0.2, 0.25) is 0 Å². The topological polar surface area (TPSA) is 117 Å². The van der Waals surface area contributed by atoms with Gasteiger partial charge >= 0.3 is 5.97 Å². The van der Waals surface area contributed by atoms with Crippen molar-refractivity contribution in [1.29, 1.82) is 0 Å². The van der Waals surface area contributed by atoms with Crippen LogP contribution in [0.5, 0.6) is 11.5 Å². The van der Waals surface area contributed by atoms with E-state index in [1.165, 1.54) is 44.6 Å². The van der Waals surface area contributed by atoms with E-state index in [1.54, 1.807) is 6.92 Å². The monoisotopic (exact) mass is 452 g/mol. The van der Waals surface area contributed by atoms with Crippen molar-refractivity contribution in [3.63, 3.8) is 0 Å². The Kier molecular flexibility index (Phi) is 6.94. The maximum atomic E-state index is 12.2. The van der Waals surface area contributed by atoms with Crippen LogP contribution in [0.15, 0.2) is 34.8 Å². The molecule has 0 fully saturated rings. The predicted octanol–water partition coefficient (Wildman–Crippen LogP) is 3.48. The third-order valence-corrected chi connectivity index (χ3v) is 4.49. The molecular formula is C18H17BrN2O7. The number of anilines is 1. The van der Waals surface area contributed by atoms with Crippen molar-refractivity contribution in [1.82, 2.24) is 0 Å². The average Bonchev–Trinajstić information content (AvgIpc) is 2.67. The number of ether oxygens (including phenoxy) is 3. The van der Waals surface area contributed by atoms with Gasteiger partial charge in [-0.05, 0) is 41.1 Å². The Morgan fingerprint density at radius 1 is 1.14 bits per heavy atom. The third-order valence-electron chi connectivity index (χ3n) is 3.71. The van der Waals surface area contributed by atoms with Crippen molar-refractivity contribution in [3.8, 4) is 11.5 Å². The molecule has 0 atom stereocenters. The van der Waals surface area contributed by atoms with Gasteiger partial charge in [-0.3, -0.25) is 14.9 Å². The van der Waals surface area contributed by atoms with E-state index in [1.807, 2.05) is 0 Å². The molecule has 0 aromatic heterocycles. The van der Waals surface area contributed by atoms with Crippen LogP contribution in [0.25, 0.3) is 0 Å². The Bertz CT molecular complexity index is 905. The molecule has 0 aliphatic heterocycles. The number of halogens is 1. The zero-order valence-corrected chi connectivity index (χ0v) is 16.9. The molecular weight excluding hydrogens is 436 g/mol. The van der Waals surface area contributed by atoms with Crippen LogP contribution in [0.3, 0.4) is 0 Å². The molecule has 1 amide bonds. The highest BCUT2D eigenvalue weighted by molar-refractivity contribution is 9.10. The van der Waals surface area contributed by atoms with E-state index in [0.29, 0.717) is 21.5 Å². The summed E-state index contributed by atoms with van der Waals surface area (Å²) in [6.45, 7) is 1.02. The van der Waals surface area contributed by atoms with E-state index < -0.39 is 23.4 Å². The molecule has 28 heavy (non-hydrogen) atoms. The Hall–Kier alpha value is -3.14. The molecule has 1 N–H and O–H groups in total. The van der Waals surface area contributed by atoms with Crippen LogP contribution >= 0.6 is 15.9 Å². The molecule has 2 rings (SSSR count). The minimum atomic E-state index is -0.755. The summed E-state index contributed by atoms with van der Waals surface area (Å²) < 4.78 is 15.8. The number of amides is 1. The van der Waals surface area contributed by atoms with Crippen LogP contribution in [-0.4, -0.2) is 37.6 Å². The van der Waals surface area contributed by atoms with Gasteiger partial charge in [0, 0.05) is 17.3 Å². The molecule has 0 saturated heterocycles. The molecule has 2 aromatic rings. The van der Waals surface area contributed by atoms with E-state index in [-0.39, 0.29) is 16.9 Å². The van der Waals surface area contributed by atoms with Crippen LogP contribution in [0.2, 0.25) is 0 Å². The Labute approximate surface area is 168 Å². The normalized spacial score (nSPS) is 10.1. The lowest BCUT2D eigenvalue weighted by molar-refractivity contribution is -0.385. The molecule has 0 aliphatic carbocycles. The van der Waals surface area contributed by atoms with Crippen molar-refractivity contribution in [2.45, 2.75) is 6.92 Å². The summed E-state index contributed by atoms with van der Waals surface area (Å²) >= 11 is 3.29. The first-order valence-corrected chi connectivity index (χ1v) is 8.69. The van der Waals surface area contributed by atoms with Gasteiger partial charge in [-0.2, -0.15) is 0 Å². The maximum Gasteiger partial charge on any atom is 0.338 e. The zero-order chi connectivity index (χ0) is 20.8. The van der Waals surface area contributed by atoms with Gasteiger partial charge in [0.05, 0.1) is 24.7 Å². The fourth-order valence-electron chi connectivity index (χ4n) is 2.28. The van der Waals surface area contributed by atoms with E-state index in [9.17, 15) is 19.7 Å². The largest absolute Gasteiger partial charge is 0.495 e. The summed E-state index contributed by atoms with van der Waals surface area (Å²) in [6, 6.07) is 7.15. The number of hydrogen-bond donors (Lipinski definition) is 1. The van der Waals surface area contributed by atoms with Crippen molar-refractivity contribution in [2.75, 3.05) is 26.1 Å². The summed E-state index contributed by atoms with van der Waals surface area (Å²) in [5, 5.41) is 13.4. The van der Waals surface area contributed by atoms with Crippen molar-refractivity contribution in [2.24, 2.45) is 0 Å². The molecule has 0 spiro atoms. The van der Waals surface area contributed by atoms with E-state index in [2.05, 4.69) is 21.2 Å². The molecule has 10 heteroatoms. The van der Waals surface area contributed by atoms with Crippen molar-refractivity contribution in [3.05, 3.63) is 56.0 Å². The highest BCUT2D eigenvalue weighted by Gasteiger charge is 2.17. The standard InChI is InChI=1S/C18H17BrN2O7/c1-10-4-5-12(8-13(10)21(24)25)20-16(22)9-28-18(23)11-6-14(26-2)17(19)15(7-11)27-3/h4-8H,9H2,1-3H3,(H,20,22). The number of nitrogens with one attached hydrogen (secondary N) is 1. The number of rotatable bonds is 7. The zero-order valence-electron chi connectivity index (χ0n) is 15.3. The van der Waals surface area contributed by atoms with E-state index in [4.69, 9.17) is 14.2 Å².